The van der Waals surface area contributed by atoms with Gasteiger partial charge in [-0.15, -0.1) is 0 Å². The second-order valence-electron chi connectivity index (χ2n) is 8.76. The topological polar surface area (TPSA) is 108 Å². The number of rotatable bonds is 6. The van der Waals surface area contributed by atoms with Crippen molar-refractivity contribution in [1.82, 2.24) is 19.9 Å². The van der Waals surface area contributed by atoms with E-state index in [1.807, 2.05) is 12.1 Å². The Morgan fingerprint density at radius 3 is 2.65 bits per heavy atom. The van der Waals surface area contributed by atoms with Gasteiger partial charge in [0.15, 0.2) is 0 Å². The van der Waals surface area contributed by atoms with E-state index < -0.39 is 0 Å². The summed E-state index contributed by atoms with van der Waals surface area (Å²) in [7, 11) is 0. The monoisotopic (exact) mass is 414 g/mol. The second-order valence-corrected chi connectivity index (χ2v) is 8.76. The molecule has 1 aliphatic carbocycles. The van der Waals surface area contributed by atoms with Crippen molar-refractivity contribution in [2.24, 2.45) is 11.3 Å². The number of aliphatic hydroxyl groups excluding tert-OH is 1. The zero-order valence-corrected chi connectivity index (χ0v) is 18.0. The molecule has 2 atom stereocenters. The standard InChI is InChI=1S/C24H26N6O/c1-15-4-6-16(7-5-15)22-18(11-26-14-29-22)13-28-23-27-12-17(10-25)20(30-23)8-19-9-21(31)24(19,2)3/h4-7,11-12,14,19,21,31H,8-9,13H2,1-3H3,(H,27,28,30)/t19-,21?/m1/s1. The van der Waals surface area contributed by atoms with Crippen LogP contribution in [0.4, 0.5) is 5.95 Å². The highest BCUT2D eigenvalue weighted by Crippen LogP contribution is 2.47. The van der Waals surface area contributed by atoms with E-state index in [2.05, 4.69) is 64.2 Å². The summed E-state index contributed by atoms with van der Waals surface area (Å²) in [5, 5.41) is 22.7. The minimum absolute atomic E-state index is 0.171. The zero-order chi connectivity index (χ0) is 22.0. The van der Waals surface area contributed by atoms with Gasteiger partial charge in [-0.25, -0.2) is 19.9 Å². The van der Waals surface area contributed by atoms with Gasteiger partial charge in [0.2, 0.25) is 5.95 Å². The molecule has 31 heavy (non-hydrogen) atoms. The number of anilines is 1. The van der Waals surface area contributed by atoms with Crippen LogP contribution in [0.15, 0.2) is 43.0 Å². The summed E-state index contributed by atoms with van der Waals surface area (Å²) < 4.78 is 0. The number of nitrogens with one attached hydrogen (secondary N) is 1. The molecule has 1 fully saturated rings. The Hall–Kier alpha value is -3.37. The van der Waals surface area contributed by atoms with Gasteiger partial charge in [-0.3, -0.25) is 0 Å². The number of hydrogen-bond acceptors (Lipinski definition) is 7. The van der Waals surface area contributed by atoms with Gasteiger partial charge in [0.25, 0.3) is 0 Å². The SMILES string of the molecule is Cc1ccc(-c2ncncc2CNc2ncc(C#N)c(C[C@@H]3CC(O)C3(C)C)n2)cc1. The summed E-state index contributed by atoms with van der Waals surface area (Å²) in [6, 6.07) is 10.4. The quantitative estimate of drug-likeness (QED) is 0.633. The fourth-order valence-electron chi connectivity index (χ4n) is 3.95. The molecule has 2 aromatic heterocycles. The first-order valence-electron chi connectivity index (χ1n) is 10.4. The molecule has 3 aromatic rings. The molecule has 0 aliphatic heterocycles. The van der Waals surface area contributed by atoms with Gasteiger partial charge in [0, 0.05) is 23.9 Å². The normalized spacial score (nSPS) is 19.3. The number of aromatic nitrogens is 4. The minimum Gasteiger partial charge on any atom is -0.393 e. The molecular weight excluding hydrogens is 388 g/mol. The van der Waals surface area contributed by atoms with Crippen LogP contribution >= 0.6 is 0 Å². The largest absolute Gasteiger partial charge is 0.393 e. The van der Waals surface area contributed by atoms with Crippen molar-refractivity contribution in [1.29, 1.82) is 5.26 Å². The van der Waals surface area contributed by atoms with E-state index in [1.165, 1.54) is 5.56 Å². The lowest BCUT2D eigenvalue weighted by Crippen LogP contribution is -2.50. The van der Waals surface area contributed by atoms with Crippen LogP contribution in [0.2, 0.25) is 0 Å². The van der Waals surface area contributed by atoms with Crippen molar-refractivity contribution in [2.75, 3.05) is 5.32 Å². The van der Waals surface area contributed by atoms with Crippen LogP contribution in [0.5, 0.6) is 0 Å². The molecule has 1 aromatic carbocycles. The Balaban J connectivity index is 1.52. The van der Waals surface area contributed by atoms with Crippen molar-refractivity contribution in [3.05, 3.63) is 65.4 Å². The Morgan fingerprint density at radius 2 is 1.97 bits per heavy atom. The maximum atomic E-state index is 10.0. The maximum absolute atomic E-state index is 10.0. The molecule has 0 radical (unpaired) electrons. The summed E-state index contributed by atoms with van der Waals surface area (Å²) in [5.74, 6) is 0.749. The highest BCUT2D eigenvalue weighted by Gasteiger charge is 2.47. The summed E-state index contributed by atoms with van der Waals surface area (Å²) in [6.07, 6.45) is 5.97. The average molecular weight is 415 g/mol. The Labute approximate surface area is 182 Å². The van der Waals surface area contributed by atoms with E-state index in [9.17, 15) is 10.4 Å². The van der Waals surface area contributed by atoms with Gasteiger partial charge < -0.3 is 10.4 Å². The Bertz CT molecular complexity index is 1120. The first kappa shape index (κ1) is 20.9. The van der Waals surface area contributed by atoms with E-state index in [0.717, 1.165) is 23.2 Å². The van der Waals surface area contributed by atoms with Crippen LogP contribution in [0.3, 0.4) is 0 Å². The number of aliphatic hydroxyl groups is 1. The molecule has 7 nitrogen and oxygen atoms in total. The lowest BCUT2D eigenvalue weighted by molar-refractivity contribution is -0.0978. The van der Waals surface area contributed by atoms with E-state index >= 15 is 0 Å². The average Bonchev–Trinajstić information content (AvgIpc) is 2.78. The van der Waals surface area contributed by atoms with E-state index in [4.69, 9.17) is 0 Å². The smallest absolute Gasteiger partial charge is 0.223 e. The number of nitriles is 1. The molecule has 1 unspecified atom stereocenters. The van der Waals surface area contributed by atoms with E-state index in [1.54, 1.807) is 18.7 Å². The highest BCUT2D eigenvalue weighted by molar-refractivity contribution is 5.63. The summed E-state index contributed by atoms with van der Waals surface area (Å²) >= 11 is 0. The van der Waals surface area contributed by atoms with Gasteiger partial charge in [0.05, 0.1) is 29.3 Å². The molecule has 4 rings (SSSR count). The van der Waals surface area contributed by atoms with Crippen molar-refractivity contribution in [2.45, 2.75) is 46.3 Å². The molecule has 0 spiro atoms. The predicted molar refractivity (Wildman–Crippen MR) is 118 cm³/mol. The van der Waals surface area contributed by atoms with Gasteiger partial charge in [-0.1, -0.05) is 43.7 Å². The lowest BCUT2D eigenvalue weighted by Gasteiger charge is -2.49. The van der Waals surface area contributed by atoms with Gasteiger partial charge in [0.1, 0.15) is 12.4 Å². The zero-order valence-electron chi connectivity index (χ0n) is 18.0. The van der Waals surface area contributed by atoms with Crippen LogP contribution < -0.4 is 5.32 Å². The third-order valence-electron chi connectivity index (χ3n) is 6.40. The van der Waals surface area contributed by atoms with Crippen molar-refractivity contribution in [3.63, 3.8) is 0 Å². The third kappa shape index (κ3) is 4.25. The highest BCUT2D eigenvalue weighted by atomic mass is 16.3. The molecule has 2 heterocycles. The summed E-state index contributed by atoms with van der Waals surface area (Å²) in [4.78, 5) is 17.6. The maximum Gasteiger partial charge on any atom is 0.223 e. The molecule has 1 saturated carbocycles. The number of nitrogens with zero attached hydrogens (tertiary/aromatic N) is 5. The molecule has 0 saturated heterocycles. The number of benzene rings is 1. The fourth-order valence-corrected chi connectivity index (χ4v) is 3.95. The van der Waals surface area contributed by atoms with Crippen LogP contribution in [0.1, 0.15) is 42.7 Å². The van der Waals surface area contributed by atoms with Gasteiger partial charge in [-0.2, -0.15) is 5.26 Å². The van der Waals surface area contributed by atoms with E-state index in [0.29, 0.717) is 30.2 Å². The van der Waals surface area contributed by atoms with Crippen LogP contribution in [-0.4, -0.2) is 31.1 Å². The Kier molecular flexibility index (Phi) is 5.66. The van der Waals surface area contributed by atoms with Crippen molar-refractivity contribution < 1.29 is 5.11 Å². The summed E-state index contributed by atoms with van der Waals surface area (Å²) in [6.45, 7) is 6.63. The lowest BCUT2D eigenvalue weighted by atomic mass is 9.58. The first-order valence-corrected chi connectivity index (χ1v) is 10.4. The molecule has 0 amide bonds. The molecule has 7 heteroatoms. The van der Waals surface area contributed by atoms with E-state index in [-0.39, 0.29) is 17.4 Å². The van der Waals surface area contributed by atoms with Gasteiger partial charge >= 0.3 is 0 Å². The van der Waals surface area contributed by atoms with Crippen molar-refractivity contribution >= 4 is 5.95 Å². The van der Waals surface area contributed by atoms with Crippen LogP contribution in [-0.2, 0) is 13.0 Å². The summed E-state index contributed by atoms with van der Waals surface area (Å²) in [5.41, 5.74) is 5.04. The molecule has 0 bridgehead atoms. The van der Waals surface area contributed by atoms with Crippen LogP contribution in [0, 0.1) is 29.6 Å². The third-order valence-corrected chi connectivity index (χ3v) is 6.40. The number of hydrogen-bond donors (Lipinski definition) is 2. The number of aryl methyl sites for hydroxylation is 1. The fraction of sp³-hybridized carbons (Fsp3) is 0.375. The van der Waals surface area contributed by atoms with Gasteiger partial charge in [-0.05, 0) is 31.1 Å². The molecule has 2 N–H and O–H groups in total. The second kappa shape index (κ2) is 8.40. The first-order chi connectivity index (χ1) is 14.9. The predicted octanol–water partition coefficient (Wildman–Crippen LogP) is 3.68. The Morgan fingerprint density at radius 1 is 1.19 bits per heavy atom. The molecule has 1 aliphatic rings. The minimum atomic E-state index is -0.305. The van der Waals surface area contributed by atoms with Crippen LogP contribution in [0.25, 0.3) is 11.3 Å². The molecular formula is C24H26N6O. The molecule has 158 valence electrons. The van der Waals surface area contributed by atoms with Crippen molar-refractivity contribution in [3.8, 4) is 17.3 Å².